The van der Waals surface area contributed by atoms with Gasteiger partial charge in [-0.15, -0.1) is 0 Å². The van der Waals surface area contributed by atoms with E-state index >= 15 is 0 Å². The Hall–Kier alpha value is -3.73. The van der Waals surface area contributed by atoms with Crippen LogP contribution in [-0.2, 0) is 16.1 Å². The van der Waals surface area contributed by atoms with Gasteiger partial charge in [0.2, 0.25) is 0 Å². The smallest absolute Gasteiger partial charge is 0.410 e. The van der Waals surface area contributed by atoms with E-state index in [0.29, 0.717) is 38.2 Å². The number of nitriles is 1. The van der Waals surface area contributed by atoms with Crippen molar-refractivity contribution < 1.29 is 19.1 Å². The maximum Gasteiger partial charge on any atom is 0.410 e. The van der Waals surface area contributed by atoms with Gasteiger partial charge >= 0.3 is 12.2 Å². The highest BCUT2D eigenvalue weighted by molar-refractivity contribution is 5.71. The summed E-state index contributed by atoms with van der Waals surface area (Å²) >= 11 is 0. The lowest BCUT2D eigenvalue weighted by atomic mass is 10.1. The van der Waals surface area contributed by atoms with Crippen LogP contribution in [0, 0.1) is 11.3 Å². The molecule has 0 bridgehead atoms. The number of carbonyl (C=O) groups is 2. The van der Waals surface area contributed by atoms with E-state index in [9.17, 15) is 14.9 Å². The van der Waals surface area contributed by atoms with Crippen molar-refractivity contribution in [2.45, 2.75) is 45.4 Å². The van der Waals surface area contributed by atoms with Crippen LogP contribution >= 0.6 is 0 Å². The summed E-state index contributed by atoms with van der Waals surface area (Å²) in [7, 11) is 0. The largest absolute Gasteiger partial charge is 0.445 e. The fourth-order valence-electron chi connectivity index (χ4n) is 3.75. The highest BCUT2D eigenvalue weighted by Gasteiger charge is 2.35. The van der Waals surface area contributed by atoms with Gasteiger partial charge in [0, 0.05) is 26.2 Å². The van der Waals surface area contributed by atoms with Gasteiger partial charge in [-0.05, 0) is 44.9 Å². The van der Waals surface area contributed by atoms with Crippen LogP contribution in [-0.4, -0.2) is 59.8 Å². The minimum Gasteiger partial charge on any atom is -0.445 e. The summed E-state index contributed by atoms with van der Waals surface area (Å²) in [5.41, 5.74) is 1.60. The standard InChI is InChI=1S/C26H32N4O4/c1-26(2,3)34-25(32)30-16-15-29(24(31)33-19-20-9-5-4-6-10-20)18-22(30)13-14-28-23-12-8-7-11-21(23)17-27/h4-12,22,28H,13-16,18-19H2,1-3H3/t22-/m1/s1. The number of hydrogen-bond donors (Lipinski definition) is 1. The molecule has 1 atom stereocenters. The molecule has 1 fully saturated rings. The quantitative estimate of drug-likeness (QED) is 0.670. The Labute approximate surface area is 201 Å². The van der Waals surface area contributed by atoms with Crippen LogP contribution in [0.2, 0.25) is 0 Å². The van der Waals surface area contributed by atoms with Crippen molar-refractivity contribution in [3.8, 4) is 6.07 Å². The van der Waals surface area contributed by atoms with E-state index < -0.39 is 17.8 Å². The number of hydrogen-bond acceptors (Lipinski definition) is 6. The van der Waals surface area contributed by atoms with E-state index in [2.05, 4.69) is 11.4 Å². The number of carbonyl (C=O) groups excluding carboxylic acids is 2. The molecule has 0 spiro atoms. The van der Waals surface area contributed by atoms with Crippen LogP contribution in [0.25, 0.3) is 0 Å². The van der Waals surface area contributed by atoms with Crippen LogP contribution in [0.4, 0.5) is 15.3 Å². The Morgan fingerprint density at radius 1 is 1.06 bits per heavy atom. The number of anilines is 1. The third-order valence-electron chi connectivity index (χ3n) is 5.41. The number of nitrogens with one attached hydrogen (secondary N) is 1. The van der Waals surface area contributed by atoms with Gasteiger partial charge in [0.15, 0.2) is 0 Å². The Balaban J connectivity index is 1.64. The first-order chi connectivity index (χ1) is 16.3. The first kappa shape index (κ1) is 24.9. The molecule has 8 heteroatoms. The molecule has 8 nitrogen and oxygen atoms in total. The van der Waals surface area contributed by atoms with Gasteiger partial charge in [-0.3, -0.25) is 0 Å². The summed E-state index contributed by atoms with van der Waals surface area (Å²) in [6.45, 7) is 7.28. The molecule has 2 amide bonds. The molecule has 2 aromatic carbocycles. The minimum absolute atomic E-state index is 0.198. The average Bonchev–Trinajstić information content (AvgIpc) is 2.82. The van der Waals surface area contributed by atoms with Crippen LogP contribution in [0.5, 0.6) is 0 Å². The maximum absolute atomic E-state index is 12.9. The number of rotatable bonds is 6. The van der Waals surface area contributed by atoms with E-state index in [-0.39, 0.29) is 12.6 Å². The van der Waals surface area contributed by atoms with Gasteiger partial charge in [0.05, 0.1) is 17.3 Å². The van der Waals surface area contributed by atoms with Crippen LogP contribution in [0.1, 0.15) is 38.3 Å². The predicted molar refractivity (Wildman–Crippen MR) is 129 cm³/mol. The molecule has 0 unspecified atom stereocenters. The highest BCUT2D eigenvalue weighted by Crippen LogP contribution is 2.20. The zero-order valence-electron chi connectivity index (χ0n) is 20.0. The zero-order valence-corrected chi connectivity index (χ0v) is 20.0. The summed E-state index contributed by atoms with van der Waals surface area (Å²) < 4.78 is 11.1. The summed E-state index contributed by atoms with van der Waals surface area (Å²) in [6.07, 6.45) is -0.228. The molecule has 2 aromatic rings. The Kier molecular flexibility index (Phi) is 8.36. The molecule has 0 radical (unpaired) electrons. The summed E-state index contributed by atoms with van der Waals surface area (Å²) in [6, 6.07) is 18.7. The first-order valence-electron chi connectivity index (χ1n) is 11.4. The Bertz CT molecular complexity index is 1010. The molecule has 34 heavy (non-hydrogen) atoms. The van der Waals surface area contributed by atoms with E-state index in [1.54, 1.807) is 15.9 Å². The number of nitrogens with zero attached hydrogens (tertiary/aromatic N) is 3. The third-order valence-corrected chi connectivity index (χ3v) is 5.41. The van der Waals surface area contributed by atoms with Gasteiger partial charge in [0.25, 0.3) is 0 Å². The maximum atomic E-state index is 12.9. The van der Waals surface area contributed by atoms with E-state index in [0.717, 1.165) is 11.3 Å². The number of benzene rings is 2. The topological polar surface area (TPSA) is 94.9 Å². The second-order valence-corrected chi connectivity index (χ2v) is 9.19. The summed E-state index contributed by atoms with van der Waals surface area (Å²) in [4.78, 5) is 28.9. The molecule has 3 rings (SSSR count). The minimum atomic E-state index is -0.614. The fourth-order valence-corrected chi connectivity index (χ4v) is 3.75. The van der Waals surface area contributed by atoms with Crippen molar-refractivity contribution in [2.24, 2.45) is 0 Å². The molecule has 180 valence electrons. The van der Waals surface area contributed by atoms with Crippen molar-refractivity contribution in [3.05, 3.63) is 65.7 Å². The third kappa shape index (κ3) is 7.14. The summed E-state index contributed by atoms with van der Waals surface area (Å²) in [5, 5.41) is 12.6. The monoisotopic (exact) mass is 464 g/mol. The van der Waals surface area contributed by atoms with Crippen LogP contribution in [0.15, 0.2) is 54.6 Å². The number of ether oxygens (including phenoxy) is 2. The van der Waals surface area contributed by atoms with E-state index in [1.807, 2.05) is 69.3 Å². The molecule has 0 saturated carbocycles. The highest BCUT2D eigenvalue weighted by atomic mass is 16.6. The predicted octanol–water partition coefficient (Wildman–Crippen LogP) is 4.62. The van der Waals surface area contributed by atoms with Crippen molar-refractivity contribution in [3.63, 3.8) is 0 Å². The number of amides is 2. The lowest BCUT2D eigenvalue weighted by molar-refractivity contribution is -0.00386. The van der Waals surface area contributed by atoms with E-state index in [4.69, 9.17) is 9.47 Å². The zero-order chi connectivity index (χ0) is 24.6. The molecular formula is C26H32N4O4. The van der Waals surface area contributed by atoms with Gasteiger partial charge in [-0.2, -0.15) is 5.26 Å². The van der Waals surface area contributed by atoms with Crippen molar-refractivity contribution in [1.82, 2.24) is 9.80 Å². The first-order valence-corrected chi connectivity index (χ1v) is 11.4. The van der Waals surface area contributed by atoms with Crippen molar-refractivity contribution >= 4 is 17.9 Å². The molecule has 1 heterocycles. The lowest BCUT2D eigenvalue weighted by Gasteiger charge is -2.41. The van der Waals surface area contributed by atoms with Crippen LogP contribution in [0.3, 0.4) is 0 Å². The molecule has 0 aromatic heterocycles. The van der Waals surface area contributed by atoms with Crippen molar-refractivity contribution in [1.29, 1.82) is 5.26 Å². The number of para-hydroxylation sites is 1. The molecule has 0 aliphatic carbocycles. The second kappa shape index (κ2) is 11.4. The van der Waals surface area contributed by atoms with Gasteiger partial charge < -0.3 is 24.6 Å². The average molecular weight is 465 g/mol. The molecule has 1 aliphatic heterocycles. The molecule has 1 N–H and O–H groups in total. The Morgan fingerprint density at radius 2 is 1.76 bits per heavy atom. The summed E-state index contributed by atoms with van der Waals surface area (Å²) in [5.74, 6) is 0. The van der Waals surface area contributed by atoms with Crippen molar-refractivity contribution in [2.75, 3.05) is 31.5 Å². The SMILES string of the molecule is CC(C)(C)OC(=O)N1CCN(C(=O)OCc2ccccc2)C[C@H]1CCNc1ccccc1C#N. The molecule has 1 saturated heterocycles. The lowest BCUT2D eigenvalue weighted by Crippen LogP contribution is -2.57. The molecular weight excluding hydrogens is 432 g/mol. The fraction of sp³-hybridized carbons (Fsp3) is 0.423. The van der Waals surface area contributed by atoms with Gasteiger partial charge in [-0.25, -0.2) is 9.59 Å². The van der Waals surface area contributed by atoms with Gasteiger partial charge in [-0.1, -0.05) is 42.5 Å². The van der Waals surface area contributed by atoms with E-state index in [1.165, 1.54) is 0 Å². The van der Waals surface area contributed by atoms with Crippen LogP contribution < -0.4 is 5.32 Å². The second-order valence-electron chi connectivity index (χ2n) is 9.19. The normalized spacial score (nSPS) is 15.9. The Morgan fingerprint density at radius 3 is 2.47 bits per heavy atom. The molecule has 1 aliphatic rings. The number of piperazine rings is 1. The van der Waals surface area contributed by atoms with Gasteiger partial charge in [0.1, 0.15) is 18.3 Å².